The van der Waals surface area contributed by atoms with Crippen LogP contribution < -0.4 is 11.3 Å². The minimum Gasteiger partial charge on any atom is -0.331 e. The fourth-order valence-electron chi connectivity index (χ4n) is 1.97. The molecule has 1 atom stereocenters. The van der Waals surface area contributed by atoms with Crippen LogP contribution in [-0.2, 0) is 13.5 Å². The Hall–Kier alpha value is -1.04. The van der Waals surface area contributed by atoms with Gasteiger partial charge in [-0.25, -0.2) is 4.98 Å². The van der Waals surface area contributed by atoms with Crippen molar-refractivity contribution in [3.05, 3.63) is 30.1 Å². The first kappa shape index (κ1) is 12.4. The molecule has 1 heterocycles. The lowest BCUT2D eigenvalue weighted by Gasteiger charge is -2.13. The predicted octanol–water partition coefficient (Wildman–Crippen LogP) is 1.31. The van der Waals surface area contributed by atoms with Crippen LogP contribution >= 0.6 is 11.8 Å². The van der Waals surface area contributed by atoms with Crippen LogP contribution in [-0.4, -0.2) is 27.6 Å². The molecule has 3 N–H and O–H groups in total. The van der Waals surface area contributed by atoms with E-state index in [-0.39, 0.29) is 6.04 Å². The average molecular weight is 250 g/mol. The zero-order valence-corrected chi connectivity index (χ0v) is 11.0. The lowest BCUT2D eigenvalue weighted by Crippen LogP contribution is -2.39. The van der Waals surface area contributed by atoms with Gasteiger partial charge in [-0.1, -0.05) is 12.1 Å². The monoisotopic (exact) mass is 250 g/mol. The minimum atomic E-state index is 0.264. The molecule has 1 aromatic carbocycles. The quantitative estimate of drug-likeness (QED) is 0.620. The molecule has 1 aromatic heterocycles. The van der Waals surface area contributed by atoms with Crippen molar-refractivity contribution in [1.82, 2.24) is 15.0 Å². The summed E-state index contributed by atoms with van der Waals surface area (Å²) in [6.07, 6.45) is 2.93. The predicted molar refractivity (Wildman–Crippen MR) is 73.9 cm³/mol. The minimum absolute atomic E-state index is 0.264. The maximum absolute atomic E-state index is 5.55. The number of hydrogen-bond acceptors (Lipinski definition) is 4. The Kier molecular flexibility index (Phi) is 4.04. The third kappa shape index (κ3) is 2.62. The van der Waals surface area contributed by atoms with Crippen LogP contribution in [0.1, 0.15) is 5.82 Å². The lowest BCUT2D eigenvalue weighted by atomic mass is 10.2. The molecule has 17 heavy (non-hydrogen) atoms. The number of aryl methyl sites for hydroxylation is 1. The summed E-state index contributed by atoms with van der Waals surface area (Å²) in [5.74, 6) is 7.61. The van der Waals surface area contributed by atoms with Crippen LogP contribution in [0.15, 0.2) is 24.3 Å². The Balaban J connectivity index is 2.26. The highest BCUT2D eigenvalue weighted by Gasteiger charge is 2.12. The summed E-state index contributed by atoms with van der Waals surface area (Å²) in [4.78, 5) is 4.64. The van der Waals surface area contributed by atoms with Crippen LogP contribution in [0.25, 0.3) is 11.0 Å². The van der Waals surface area contributed by atoms with E-state index in [0.29, 0.717) is 0 Å². The Bertz CT molecular complexity index is 494. The number of thioether (sulfide) groups is 1. The van der Waals surface area contributed by atoms with Gasteiger partial charge < -0.3 is 4.57 Å². The number of fused-ring (bicyclic) bond motifs is 1. The maximum Gasteiger partial charge on any atom is 0.111 e. The molecule has 0 saturated heterocycles. The van der Waals surface area contributed by atoms with Crippen LogP contribution in [0.2, 0.25) is 0 Å². The molecule has 2 rings (SSSR count). The number of imidazole rings is 1. The molecule has 0 fully saturated rings. The van der Waals surface area contributed by atoms with E-state index in [0.717, 1.165) is 23.5 Å². The van der Waals surface area contributed by atoms with Crippen molar-refractivity contribution < 1.29 is 0 Å². The Morgan fingerprint density at radius 3 is 2.88 bits per heavy atom. The first-order chi connectivity index (χ1) is 8.26. The summed E-state index contributed by atoms with van der Waals surface area (Å²) >= 11 is 1.79. The summed E-state index contributed by atoms with van der Waals surface area (Å²) < 4.78 is 2.14. The second-order valence-electron chi connectivity index (χ2n) is 4.10. The molecular weight excluding hydrogens is 232 g/mol. The zero-order valence-electron chi connectivity index (χ0n) is 10.2. The highest BCUT2D eigenvalue weighted by Crippen LogP contribution is 2.15. The molecule has 0 spiro atoms. The summed E-state index contributed by atoms with van der Waals surface area (Å²) in [6, 6.07) is 8.44. The number of hydrogen-bond donors (Lipinski definition) is 2. The highest BCUT2D eigenvalue weighted by molar-refractivity contribution is 7.98. The van der Waals surface area contributed by atoms with E-state index in [4.69, 9.17) is 5.84 Å². The summed E-state index contributed by atoms with van der Waals surface area (Å²) in [7, 11) is 2.05. The van der Waals surface area contributed by atoms with Crippen molar-refractivity contribution >= 4 is 22.8 Å². The number of para-hydroxylation sites is 2. The molecule has 1 unspecified atom stereocenters. The highest BCUT2D eigenvalue weighted by atomic mass is 32.2. The molecule has 0 amide bonds. The third-order valence-corrected chi connectivity index (χ3v) is 3.65. The topological polar surface area (TPSA) is 55.9 Å². The van der Waals surface area contributed by atoms with E-state index in [1.807, 2.05) is 18.2 Å². The van der Waals surface area contributed by atoms with Crippen molar-refractivity contribution in [2.45, 2.75) is 12.5 Å². The first-order valence-corrected chi connectivity index (χ1v) is 7.01. The number of aromatic nitrogens is 2. The number of hydrazine groups is 1. The molecule has 0 aliphatic rings. The van der Waals surface area contributed by atoms with Crippen LogP contribution in [0.3, 0.4) is 0 Å². The smallest absolute Gasteiger partial charge is 0.111 e. The van der Waals surface area contributed by atoms with Gasteiger partial charge in [-0.05, 0) is 18.4 Å². The first-order valence-electron chi connectivity index (χ1n) is 5.61. The van der Waals surface area contributed by atoms with Crippen molar-refractivity contribution in [3.8, 4) is 0 Å². The van der Waals surface area contributed by atoms with Crippen LogP contribution in [0, 0.1) is 0 Å². The fraction of sp³-hybridized carbons (Fsp3) is 0.417. The summed E-state index contributed by atoms with van der Waals surface area (Å²) in [6.45, 7) is 0. The number of benzene rings is 1. The number of nitrogens with two attached hydrogens (primary N) is 1. The molecule has 0 radical (unpaired) electrons. The Morgan fingerprint density at radius 1 is 1.47 bits per heavy atom. The van der Waals surface area contributed by atoms with Crippen molar-refractivity contribution in [2.75, 3.05) is 12.0 Å². The van der Waals surface area contributed by atoms with Gasteiger partial charge in [0, 0.05) is 25.3 Å². The van der Waals surface area contributed by atoms with Gasteiger partial charge in [0.05, 0.1) is 11.0 Å². The Labute approximate surface area is 106 Å². The molecular formula is C12H18N4S. The van der Waals surface area contributed by atoms with Crippen molar-refractivity contribution in [2.24, 2.45) is 12.9 Å². The molecule has 92 valence electrons. The van der Waals surface area contributed by atoms with Gasteiger partial charge in [-0.15, -0.1) is 0 Å². The standard InChI is InChI=1S/C12H18N4S/c1-16-11-6-4-3-5-10(11)14-12(16)7-9(15-13)8-17-2/h3-6,9,15H,7-8,13H2,1-2H3. The molecule has 0 saturated carbocycles. The number of nitrogens with zero attached hydrogens (tertiary/aromatic N) is 2. The van der Waals surface area contributed by atoms with Gasteiger partial charge in [-0.3, -0.25) is 11.3 Å². The second kappa shape index (κ2) is 5.53. The van der Waals surface area contributed by atoms with Gasteiger partial charge in [0.2, 0.25) is 0 Å². The maximum atomic E-state index is 5.55. The fourth-order valence-corrected chi connectivity index (χ4v) is 2.58. The Morgan fingerprint density at radius 2 is 2.24 bits per heavy atom. The van der Waals surface area contributed by atoms with E-state index in [9.17, 15) is 0 Å². The number of rotatable bonds is 5. The molecule has 5 heteroatoms. The van der Waals surface area contributed by atoms with E-state index in [1.54, 1.807) is 11.8 Å². The lowest BCUT2D eigenvalue weighted by molar-refractivity contribution is 0.554. The van der Waals surface area contributed by atoms with Crippen molar-refractivity contribution in [1.29, 1.82) is 0 Å². The normalized spacial score (nSPS) is 13.1. The van der Waals surface area contributed by atoms with Crippen LogP contribution in [0.5, 0.6) is 0 Å². The van der Waals surface area contributed by atoms with E-state index in [2.05, 4.69) is 34.3 Å². The number of nitrogens with one attached hydrogen (secondary N) is 1. The molecule has 2 aromatic rings. The van der Waals surface area contributed by atoms with Gasteiger partial charge >= 0.3 is 0 Å². The zero-order chi connectivity index (χ0) is 12.3. The molecule has 0 bridgehead atoms. The average Bonchev–Trinajstić information content (AvgIpc) is 2.66. The molecule has 0 aliphatic carbocycles. The molecule has 4 nitrogen and oxygen atoms in total. The molecule has 0 aliphatic heterocycles. The van der Waals surface area contributed by atoms with Crippen molar-refractivity contribution in [3.63, 3.8) is 0 Å². The largest absolute Gasteiger partial charge is 0.331 e. The van der Waals surface area contributed by atoms with E-state index < -0.39 is 0 Å². The van der Waals surface area contributed by atoms with Gasteiger partial charge in [-0.2, -0.15) is 11.8 Å². The van der Waals surface area contributed by atoms with Crippen LogP contribution in [0.4, 0.5) is 0 Å². The third-order valence-electron chi connectivity index (χ3n) is 2.91. The SMILES string of the molecule is CSCC(Cc1nc2ccccc2n1C)NN. The van der Waals surface area contributed by atoms with E-state index in [1.165, 1.54) is 5.52 Å². The van der Waals surface area contributed by atoms with Gasteiger partial charge in [0.25, 0.3) is 0 Å². The van der Waals surface area contributed by atoms with Gasteiger partial charge in [0.1, 0.15) is 5.82 Å². The summed E-state index contributed by atoms with van der Waals surface area (Å²) in [5.41, 5.74) is 5.06. The van der Waals surface area contributed by atoms with Gasteiger partial charge in [0.15, 0.2) is 0 Å². The second-order valence-corrected chi connectivity index (χ2v) is 5.01. The summed E-state index contributed by atoms with van der Waals surface area (Å²) in [5, 5.41) is 0. The van der Waals surface area contributed by atoms with E-state index >= 15 is 0 Å².